The fraction of sp³-hybridized carbons (Fsp3) is 0.421. The predicted molar refractivity (Wildman–Crippen MR) is 107 cm³/mol. The number of aromatic amines is 1. The van der Waals surface area contributed by atoms with E-state index in [4.69, 9.17) is 11.6 Å². The first-order chi connectivity index (χ1) is 13.1. The average Bonchev–Trinajstić information content (AvgIpc) is 3.05. The van der Waals surface area contributed by atoms with Gasteiger partial charge >= 0.3 is 0 Å². The number of hydrogen-bond acceptors (Lipinski definition) is 6. The van der Waals surface area contributed by atoms with Crippen molar-refractivity contribution in [3.8, 4) is 17.0 Å². The average molecular weight is 387 g/mol. The van der Waals surface area contributed by atoms with Crippen molar-refractivity contribution in [2.45, 2.75) is 32.7 Å². The lowest BCUT2D eigenvalue weighted by Gasteiger charge is -2.32. The predicted octanol–water partition coefficient (Wildman–Crippen LogP) is 3.58. The molecule has 1 aromatic carbocycles. The normalized spacial score (nSPS) is 18.1. The summed E-state index contributed by atoms with van der Waals surface area (Å²) in [5.74, 6) is 0.793. The topological polar surface area (TPSA) is 90.0 Å². The van der Waals surface area contributed by atoms with Crippen molar-refractivity contribution >= 4 is 28.3 Å². The van der Waals surface area contributed by atoms with Crippen LogP contribution in [0.5, 0.6) is 5.75 Å². The molecule has 27 heavy (non-hydrogen) atoms. The van der Waals surface area contributed by atoms with Gasteiger partial charge in [-0.3, -0.25) is 5.10 Å². The molecule has 1 fully saturated rings. The summed E-state index contributed by atoms with van der Waals surface area (Å²) >= 11 is 5.95. The molecular weight excluding hydrogens is 364 g/mol. The lowest BCUT2D eigenvalue weighted by Crippen LogP contribution is -2.42. The van der Waals surface area contributed by atoms with E-state index in [2.05, 4.69) is 37.5 Å². The number of likely N-dealkylation sites (N-methyl/N-ethyl adjacent to an activating group) is 1. The fourth-order valence-electron chi connectivity index (χ4n) is 3.73. The van der Waals surface area contributed by atoms with Gasteiger partial charge in [-0.1, -0.05) is 18.5 Å². The molecule has 0 spiro atoms. The minimum atomic E-state index is 0.0605. The van der Waals surface area contributed by atoms with E-state index in [1.54, 1.807) is 12.1 Å². The summed E-state index contributed by atoms with van der Waals surface area (Å²) < 4.78 is 0. The number of nitrogens with zero attached hydrogens (tertiary/aromatic N) is 4. The van der Waals surface area contributed by atoms with Crippen molar-refractivity contribution < 1.29 is 5.11 Å². The standard InChI is InChI=1S/C19H23ClN6O/c1-3-26-8-4-5-13(10-26)21-19-16-11(2)22-24-18(16)17(23-25-19)14-7-6-12(20)9-15(14)27/h6-7,9,13,27H,3-5,8,10H2,1-2H3,(H,21,25)(H,22,24)/t13-/m1/s1. The third kappa shape index (κ3) is 3.44. The van der Waals surface area contributed by atoms with Gasteiger partial charge < -0.3 is 15.3 Å². The van der Waals surface area contributed by atoms with Gasteiger partial charge in [-0.05, 0) is 51.1 Å². The van der Waals surface area contributed by atoms with Gasteiger partial charge in [-0.15, -0.1) is 10.2 Å². The summed E-state index contributed by atoms with van der Waals surface area (Å²) in [6.07, 6.45) is 2.28. The van der Waals surface area contributed by atoms with Gasteiger partial charge in [0, 0.05) is 28.9 Å². The zero-order valence-electron chi connectivity index (χ0n) is 15.5. The van der Waals surface area contributed by atoms with Gasteiger partial charge in [0.05, 0.1) is 5.39 Å². The Labute approximate surface area is 162 Å². The van der Waals surface area contributed by atoms with Gasteiger partial charge in [0.25, 0.3) is 0 Å². The molecule has 8 heteroatoms. The molecule has 3 heterocycles. The molecule has 3 aromatic rings. The highest BCUT2D eigenvalue weighted by Gasteiger charge is 2.23. The first-order valence-electron chi connectivity index (χ1n) is 9.26. The molecule has 3 N–H and O–H groups in total. The largest absolute Gasteiger partial charge is 0.507 e. The van der Waals surface area contributed by atoms with Crippen molar-refractivity contribution in [1.82, 2.24) is 25.3 Å². The lowest BCUT2D eigenvalue weighted by atomic mass is 10.0. The van der Waals surface area contributed by atoms with Crippen LogP contribution < -0.4 is 5.32 Å². The third-order valence-corrected chi connectivity index (χ3v) is 5.40. The van der Waals surface area contributed by atoms with E-state index in [0.717, 1.165) is 43.0 Å². The number of H-pyrrole nitrogens is 1. The van der Waals surface area contributed by atoms with E-state index in [1.165, 1.54) is 12.5 Å². The number of fused-ring (bicyclic) bond motifs is 1. The first-order valence-corrected chi connectivity index (χ1v) is 9.63. The third-order valence-electron chi connectivity index (χ3n) is 5.17. The van der Waals surface area contributed by atoms with Crippen molar-refractivity contribution in [3.05, 3.63) is 28.9 Å². The van der Waals surface area contributed by atoms with E-state index in [1.807, 2.05) is 6.92 Å². The SMILES string of the molecule is CCN1CCC[C@@H](Nc2nnc(-c3ccc(Cl)cc3O)c3n[nH]c(C)c23)C1. The van der Waals surface area contributed by atoms with Crippen molar-refractivity contribution in [3.63, 3.8) is 0 Å². The first kappa shape index (κ1) is 18.0. The van der Waals surface area contributed by atoms with Crippen LogP contribution in [-0.2, 0) is 0 Å². The number of piperidine rings is 1. The molecule has 1 aliphatic rings. The second-order valence-corrected chi connectivity index (χ2v) is 7.44. The fourth-order valence-corrected chi connectivity index (χ4v) is 3.90. The van der Waals surface area contributed by atoms with E-state index in [-0.39, 0.29) is 5.75 Å². The molecule has 142 valence electrons. The number of halogens is 1. The molecule has 2 aromatic heterocycles. The van der Waals surface area contributed by atoms with Crippen molar-refractivity contribution in [2.24, 2.45) is 0 Å². The summed E-state index contributed by atoms with van der Waals surface area (Å²) in [5, 5.41) is 31.5. The van der Waals surface area contributed by atoms with Crippen LogP contribution in [0.25, 0.3) is 22.2 Å². The van der Waals surface area contributed by atoms with E-state index >= 15 is 0 Å². The Kier molecular flexibility index (Phi) is 4.88. The Morgan fingerprint density at radius 1 is 1.37 bits per heavy atom. The molecule has 0 saturated carbocycles. The number of aromatic hydroxyl groups is 1. The highest BCUT2D eigenvalue weighted by molar-refractivity contribution is 6.30. The number of rotatable bonds is 4. The Morgan fingerprint density at radius 3 is 3.00 bits per heavy atom. The van der Waals surface area contributed by atoms with Crippen LogP contribution in [0, 0.1) is 6.92 Å². The van der Waals surface area contributed by atoms with Crippen LogP contribution in [0.3, 0.4) is 0 Å². The molecule has 0 bridgehead atoms. The van der Waals surface area contributed by atoms with Gasteiger partial charge in [-0.25, -0.2) is 0 Å². The zero-order chi connectivity index (χ0) is 19.0. The molecule has 0 unspecified atom stereocenters. The molecule has 0 radical (unpaired) electrons. The van der Waals surface area contributed by atoms with Crippen LogP contribution in [0.1, 0.15) is 25.5 Å². The maximum atomic E-state index is 10.3. The van der Waals surface area contributed by atoms with Gasteiger partial charge in [0.1, 0.15) is 17.0 Å². The number of anilines is 1. The molecule has 1 aliphatic heterocycles. The number of phenolic OH excluding ortho intramolecular Hbond substituents is 1. The van der Waals surface area contributed by atoms with Gasteiger partial charge in [0.2, 0.25) is 0 Å². The number of aromatic nitrogens is 4. The molecule has 4 rings (SSSR count). The van der Waals surface area contributed by atoms with Gasteiger partial charge in [-0.2, -0.15) is 5.10 Å². The highest BCUT2D eigenvalue weighted by Crippen LogP contribution is 2.36. The summed E-state index contributed by atoms with van der Waals surface area (Å²) in [7, 11) is 0. The van der Waals surface area contributed by atoms with Gasteiger partial charge in [0.15, 0.2) is 5.82 Å². The van der Waals surface area contributed by atoms with Crippen molar-refractivity contribution in [2.75, 3.05) is 25.0 Å². The van der Waals surface area contributed by atoms with Crippen LogP contribution in [0.15, 0.2) is 18.2 Å². The van der Waals surface area contributed by atoms with Crippen molar-refractivity contribution in [1.29, 1.82) is 0 Å². The monoisotopic (exact) mass is 386 g/mol. The number of nitrogens with one attached hydrogen (secondary N) is 2. The quantitative estimate of drug-likeness (QED) is 0.635. The summed E-state index contributed by atoms with van der Waals surface area (Å²) in [5.41, 5.74) is 2.70. The number of benzene rings is 1. The van der Waals surface area contributed by atoms with Crippen LogP contribution in [-0.4, -0.2) is 56.1 Å². The zero-order valence-corrected chi connectivity index (χ0v) is 16.2. The second-order valence-electron chi connectivity index (χ2n) is 7.01. The van der Waals surface area contributed by atoms with Crippen LogP contribution >= 0.6 is 11.6 Å². The second kappa shape index (κ2) is 7.32. The molecule has 0 amide bonds. The molecular formula is C19H23ClN6O. The maximum Gasteiger partial charge on any atom is 0.160 e. The Morgan fingerprint density at radius 2 is 2.22 bits per heavy atom. The Balaban J connectivity index is 1.73. The minimum Gasteiger partial charge on any atom is -0.507 e. The number of phenols is 1. The Bertz CT molecular complexity index is 972. The summed E-state index contributed by atoms with van der Waals surface area (Å²) in [6.45, 7) is 7.35. The molecule has 1 saturated heterocycles. The van der Waals surface area contributed by atoms with E-state index < -0.39 is 0 Å². The highest BCUT2D eigenvalue weighted by atomic mass is 35.5. The van der Waals surface area contributed by atoms with Crippen LogP contribution in [0.4, 0.5) is 5.82 Å². The number of likely N-dealkylation sites (tertiary alicyclic amines) is 1. The number of hydrogen-bond donors (Lipinski definition) is 3. The van der Waals surface area contributed by atoms with Crippen LogP contribution in [0.2, 0.25) is 5.02 Å². The van der Waals surface area contributed by atoms with E-state index in [0.29, 0.717) is 27.8 Å². The van der Waals surface area contributed by atoms with E-state index in [9.17, 15) is 5.11 Å². The summed E-state index contributed by atoms with van der Waals surface area (Å²) in [4.78, 5) is 2.44. The number of aryl methyl sites for hydroxylation is 1. The summed E-state index contributed by atoms with van der Waals surface area (Å²) in [6, 6.07) is 5.29. The maximum absolute atomic E-state index is 10.3. The minimum absolute atomic E-state index is 0.0605. The lowest BCUT2D eigenvalue weighted by molar-refractivity contribution is 0.226. The molecule has 0 aliphatic carbocycles. The molecule has 7 nitrogen and oxygen atoms in total. The Hall–Kier alpha value is -2.38. The molecule has 1 atom stereocenters. The smallest absolute Gasteiger partial charge is 0.160 e.